The second kappa shape index (κ2) is 6.61. The van der Waals surface area contributed by atoms with Crippen molar-refractivity contribution in [1.82, 2.24) is 0 Å². The van der Waals surface area contributed by atoms with Gasteiger partial charge in [0.2, 0.25) is 0 Å². The molecule has 94 valence electrons. The summed E-state index contributed by atoms with van der Waals surface area (Å²) in [5.41, 5.74) is 9.71. The minimum Gasteiger partial charge on any atom is -0.330 e. The fourth-order valence-corrected chi connectivity index (χ4v) is 1.99. The molecule has 0 heterocycles. The summed E-state index contributed by atoms with van der Waals surface area (Å²) in [6.07, 6.45) is 3.23. The Morgan fingerprint density at radius 2 is 1.71 bits per heavy atom. The zero-order chi connectivity index (χ0) is 12.8. The molecule has 0 saturated heterocycles. The summed E-state index contributed by atoms with van der Waals surface area (Å²) in [6.45, 7) is 9.64. The molecule has 0 aliphatic rings. The maximum Gasteiger partial charge on any atom is -0.00424 e. The molecule has 0 unspecified atom stereocenters. The minimum absolute atomic E-state index is 0.548. The SMILES string of the molecule is CC(C)/C(=C\CCN)c1ccc(C(C)C)cc1. The number of benzene rings is 1. The molecule has 0 amide bonds. The van der Waals surface area contributed by atoms with E-state index >= 15 is 0 Å². The van der Waals surface area contributed by atoms with Crippen LogP contribution in [-0.2, 0) is 0 Å². The highest BCUT2D eigenvalue weighted by atomic mass is 14.5. The lowest BCUT2D eigenvalue weighted by Crippen LogP contribution is -1.99. The van der Waals surface area contributed by atoms with Gasteiger partial charge in [-0.05, 0) is 41.5 Å². The largest absolute Gasteiger partial charge is 0.330 e. The third-order valence-corrected chi connectivity index (χ3v) is 3.06. The summed E-state index contributed by atoms with van der Waals surface area (Å²) >= 11 is 0. The van der Waals surface area contributed by atoms with Gasteiger partial charge in [-0.2, -0.15) is 0 Å². The van der Waals surface area contributed by atoms with E-state index in [0.29, 0.717) is 11.8 Å². The van der Waals surface area contributed by atoms with Gasteiger partial charge in [0.15, 0.2) is 0 Å². The Hall–Kier alpha value is -1.08. The first-order valence-electron chi connectivity index (χ1n) is 6.56. The summed E-state index contributed by atoms with van der Waals surface area (Å²) in [5, 5.41) is 0. The number of rotatable bonds is 5. The van der Waals surface area contributed by atoms with Crippen molar-refractivity contribution in [1.29, 1.82) is 0 Å². The van der Waals surface area contributed by atoms with Gasteiger partial charge in [-0.3, -0.25) is 0 Å². The van der Waals surface area contributed by atoms with Crippen molar-refractivity contribution < 1.29 is 0 Å². The topological polar surface area (TPSA) is 26.0 Å². The van der Waals surface area contributed by atoms with Crippen molar-refractivity contribution in [2.45, 2.75) is 40.0 Å². The van der Waals surface area contributed by atoms with Gasteiger partial charge >= 0.3 is 0 Å². The molecular formula is C16H25N. The number of allylic oxidation sites excluding steroid dienone is 1. The highest BCUT2D eigenvalue weighted by Crippen LogP contribution is 2.25. The highest BCUT2D eigenvalue weighted by Gasteiger charge is 2.06. The predicted molar refractivity (Wildman–Crippen MR) is 77.0 cm³/mol. The third kappa shape index (κ3) is 4.01. The van der Waals surface area contributed by atoms with E-state index in [-0.39, 0.29) is 0 Å². The molecular weight excluding hydrogens is 206 g/mol. The van der Waals surface area contributed by atoms with Crippen LogP contribution in [-0.4, -0.2) is 6.54 Å². The van der Waals surface area contributed by atoms with Gasteiger partial charge in [-0.1, -0.05) is 58.0 Å². The fourth-order valence-electron chi connectivity index (χ4n) is 1.99. The maximum atomic E-state index is 5.57. The summed E-state index contributed by atoms with van der Waals surface area (Å²) < 4.78 is 0. The van der Waals surface area contributed by atoms with Gasteiger partial charge in [0.1, 0.15) is 0 Å². The van der Waals surface area contributed by atoms with Crippen molar-refractivity contribution in [2.75, 3.05) is 6.54 Å². The van der Waals surface area contributed by atoms with Crippen LogP contribution in [0.2, 0.25) is 0 Å². The predicted octanol–water partition coefficient (Wildman–Crippen LogP) is 4.20. The molecule has 1 aromatic rings. The monoisotopic (exact) mass is 231 g/mol. The standard InChI is InChI=1S/C16H25N/c1-12(2)14-7-9-15(10-8-14)16(13(3)4)6-5-11-17/h6-10,12-13H,5,11,17H2,1-4H3/b16-6+. The second-order valence-electron chi connectivity index (χ2n) is 5.17. The van der Waals surface area contributed by atoms with E-state index < -0.39 is 0 Å². The maximum absolute atomic E-state index is 5.57. The molecule has 0 atom stereocenters. The molecule has 1 nitrogen and oxygen atoms in total. The smallest absolute Gasteiger partial charge is 0.00424 e. The number of hydrogen-bond acceptors (Lipinski definition) is 1. The first-order chi connectivity index (χ1) is 8.06. The molecule has 0 aliphatic carbocycles. The molecule has 2 N–H and O–H groups in total. The van der Waals surface area contributed by atoms with Gasteiger partial charge in [0.05, 0.1) is 0 Å². The Kier molecular flexibility index (Phi) is 5.43. The van der Waals surface area contributed by atoms with Crippen LogP contribution in [0.1, 0.15) is 51.2 Å². The van der Waals surface area contributed by atoms with Crippen LogP contribution in [0.25, 0.3) is 5.57 Å². The van der Waals surface area contributed by atoms with Crippen LogP contribution in [0, 0.1) is 5.92 Å². The summed E-state index contributed by atoms with van der Waals surface area (Å²) in [4.78, 5) is 0. The van der Waals surface area contributed by atoms with E-state index in [9.17, 15) is 0 Å². The normalized spacial score (nSPS) is 12.5. The zero-order valence-electron chi connectivity index (χ0n) is 11.5. The van der Waals surface area contributed by atoms with Crippen LogP contribution in [0.4, 0.5) is 0 Å². The molecule has 0 saturated carbocycles. The van der Waals surface area contributed by atoms with Crippen LogP contribution in [0.5, 0.6) is 0 Å². The Labute approximate surface area is 106 Å². The lowest BCUT2D eigenvalue weighted by molar-refractivity contribution is 0.844. The van der Waals surface area contributed by atoms with Gasteiger partial charge in [0, 0.05) is 0 Å². The van der Waals surface area contributed by atoms with Crippen LogP contribution in [0.15, 0.2) is 30.3 Å². The van der Waals surface area contributed by atoms with Crippen molar-refractivity contribution in [2.24, 2.45) is 11.7 Å². The fraction of sp³-hybridized carbons (Fsp3) is 0.500. The number of nitrogens with two attached hydrogens (primary N) is 1. The van der Waals surface area contributed by atoms with Crippen molar-refractivity contribution in [3.05, 3.63) is 41.5 Å². The molecule has 1 heteroatoms. The van der Waals surface area contributed by atoms with Gasteiger partial charge in [-0.15, -0.1) is 0 Å². The van der Waals surface area contributed by atoms with E-state index in [4.69, 9.17) is 5.73 Å². The summed E-state index contributed by atoms with van der Waals surface area (Å²) in [5.74, 6) is 1.14. The van der Waals surface area contributed by atoms with E-state index in [2.05, 4.69) is 58.0 Å². The van der Waals surface area contributed by atoms with E-state index in [1.54, 1.807) is 0 Å². The lowest BCUT2D eigenvalue weighted by Gasteiger charge is -2.13. The van der Waals surface area contributed by atoms with Gasteiger partial charge < -0.3 is 5.73 Å². The summed E-state index contributed by atoms with van der Waals surface area (Å²) in [6, 6.07) is 8.94. The van der Waals surface area contributed by atoms with E-state index in [1.807, 2.05) is 0 Å². The van der Waals surface area contributed by atoms with Crippen molar-refractivity contribution in [3.63, 3.8) is 0 Å². The molecule has 1 aromatic carbocycles. The average molecular weight is 231 g/mol. The molecule has 0 aromatic heterocycles. The minimum atomic E-state index is 0.548. The van der Waals surface area contributed by atoms with Crippen molar-refractivity contribution >= 4 is 5.57 Å². The first kappa shape index (κ1) is 14.0. The Balaban J connectivity index is 2.96. The van der Waals surface area contributed by atoms with E-state index in [1.165, 1.54) is 16.7 Å². The van der Waals surface area contributed by atoms with Crippen LogP contribution >= 0.6 is 0 Å². The first-order valence-corrected chi connectivity index (χ1v) is 6.56. The molecule has 0 aliphatic heterocycles. The Morgan fingerprint density at radius 1 is 1.12 bits per heavy atom. The summed E-state index contributed by atoms with van der Waals surface area (Å²) in [7, 11) is 0. The Bertz CT molecular complexity index is 358. The molecule has 1 rings (SSSR count). The second-order valence-corrected chi connectivity index (χ2v) is 5.17. The Morgan fingerprint density at radius 3 is 2.12 bits per heavy atom. The third-order valence-electron chi connectivity index (χ3n) is 3.06. The van der Waals surface area contributed by atoms with Crippen LogP contribution < -0.4 is 5.73 Å². The molecule has 0 spiro atoms. The highest BCUT2D eigenvalue weighted by molar-refractivity contribution is 5.67. The van der Waals surface area contributed by atoms with Gasteiger partial charge in [-0.25, -0.2) is 0 Å². The average Bonchev–Trinajstić information content (AvgIpc) is 2.29. The zero-order valence-corrected chi connectivity index (χ0v) is 11.5. The van der Waals surface area contributed by atoms with E-state index in [0.717, 1.165) is 13.0 Å². The molecule has 17 heavy (non-hydrogen) atoms. The van der Waals surface area contributed by atoms with Crippen LogP contribution in [0.3, 0.4) is 0 Å². The number of hydrogen-bond donors (Lipinski definition) is 1. The molecule has 0 fully saturated rings. The quantitative estimate of drug-likeness (QED) is 0.807. The molecule has 0 radical (unpaired) electrons. The lowest BCUT2D eigenvalue weighted by atomic mass is 9.92. The van der Waals surface area contributed by atoms with Gasteiger partial charge in [0.25, 0.3) is 0 Å². The van der Waals surface area contributed by atoms with Crippen molar-refractivity contribution in [3.8, 4) is 0 Å². The molecule has 0 bridgehead atoms.